The third-order valence-corrected chi connectivity index (χ3v) is 7.13. The van der Waals surface area contributed by atoms with Gasteiger partial charge in [-0.3, -0.25) is 14.4 Å². The number of rotatable bonds is 11. The minimum absolute atomic E-state index is 0.0116. The lowest BCUT2D eigenvalue weighted by molar-refractivity contribution is -0.142. The number of halogens is 2. The van der Waals surface area contributed by atoms with Crippen molar-refractivity contribution in [1.29, 1.82) is 0 Å². The van der Waals surface area contributed by atoms with Crippen molar-refractivity contribution in [3.05, 3.63) is 68.6 Å². The lowest BCUT2D eigenvalue weighted by Crippen LogP contribution is -2.55. The molecule has 3 N–H and O–H groups in total. The molecule has 2 amide bonds. The molecule has 2 aromatic rings. The fraction of sp³-hybridized carbons (Fsp3) is 0.393. The number of amides is 2. The van der Waals surface area contributed by atoms with Gasteiger partial charge in [0.1, 0.15) is 24.3 Å². The summed E-state index contributed by atoms with van der Waals surface area (Å²) < 4.78 is 26.7. The Morgan fingerprint density at radius 3 is 2.62 bits per heavy atom. The molecule has 0 fully saturated rings. The van der Waals surface area contributed by atoms with E-state index in [2.05, 4.69) is 5.32 Å². The number of aliphatic hydroxyl groups excluding tert-OH is 2. The zero-order valence-electron chi connectivity index (χ0n) is 21.9. The number of carbonyl (C=O) groups excluding carboxylic acids is 3. The molecule has 3 atom stereocenters. The summed E-state index contributed by atoms with van der Waals surface area (Å²) in [6.07, 6.45) is -0.296. The first-order chi connectivity index (χ1) is 18.6. The maximum Gasteiger partial charge on any atom is 0.247 e. The molecule has 1 aliphatic carbocycles. The van der Waals surface area contributed by atoms with E-state index in [1.165, 1.54) is 30.2 Å². The molecule has 0 spiro atoms. The van der Waals surface area contributed by atoms with Gasteiger partial charge in [-0.05, 0) is 46.9 Å². The van der Waals surface area contributed by atoms with Gasteiger partial charge < -0.3 is 29.9 Å². The van der Waals surface area contributed by atoms with Crippen LogP contribution in [0.2, 0.25) is 0 Å². The van der Waals surface area contributed by atoms with E-state index in [-0.39, 0.29) is 54.7 Å². The molecule has 1 aliphatic rings. The summed E-state index contributed by atoms with van der Waals surface area (Å²) in [6.45, 7) is 3.02. The van der Waals surface area contributed by atoms with Crippen molar-refractivity contribution in [3.63, 3.8) is 0 Å². The van der Waals surface area contributed by atoms with Crippen LogP contribution in [0.25, 0.3) is 0 Å². The van der Waals surface area contributed by atoms with Crippen molar-refractivity contribution in [2.75, 3.05) is 20.3 Å². The highest BCUT2D eigenvalue weighted by Crippen LogP contribution is 2.37. The summed E-state index contributed by atoms with van der Waals surface area (Å²) in [5.74, 6) is -1.30. The van der Waals surface area contributed by atoms with E-state index < -0.39 is 35.9 Å². The van der Waals surface area contributed by atoms with Crippen LogP contribution in [0.15, 0.2) is 48.0 Å². The maximum atomic E-state index is 14.6. The first-order valence-corrected chi connectivity index (χ1v) is 13.5. The lowest BCUT2D eigenvalue weighted by Gasteiger charge is -2.41. The standard InChI is InChI=1S/C28H32FIN2O7/c1-16(2)28(37)32(14-18-6-4-5-7-20(18)29)22-12-19(27(36)31-8-9-33)13-23(25(22)35)39-26-21(30)10-17(15-34)11-24(26)38-3/h4-7,10-11,13,15-16,22-23,25,33,35H,8-9,12,14H2,1-3H3,(H,31,36). The fourth-order valence-corrected chi connectivity index (χ4v) is 5.09. The van der Waals surface area contributed by atoms with Gasteiger partial charge >= 0.3 is 0 Å². The van der Waals surface area contributed by atoms with Crippen LogP contribution >= 0.6 is 22.6 Å². The van der Waals surface area contributed by atoms with Gasteiger partial charge in [0.2, 0.25) is 11.8 Å². The van der Waals surface area contributed by atoms with Gasteiger partial charge in [-0.15, -0.1) is 0 Å². The van der Waals surface area contributed by atoms with Crippen LogP contribution < -0.4 is 14.8 Å². The van der Waals surface area contributed by atoms with Crippen LogP contribution in [0.1, 0.15) is 36.2 Å². The number of aldehydes is 1. The monoisotopic (exact) mass is 654 g/mol. The Hall–Kier alpha value is -3.03. The van der Waals surface area contributed by atoms with E-state index in [1.54, 1.807) is 38.1 Å². The second-order valence-corrected chi connectivity index (χ2v) is 10.5. The number of aliphatic hydroxyl groups is 2. The molecule has 0 aromatic heterocycles. The summed E-state index contributed by atoms with van der Waals surface area (Å²) >= 11 is 1.98. The Morgan fingerprint density at radius 1 is 1.28 bits per heavy atom. The third kappa shape index (κ3) is 7.34. The number of carbonyl (C=O) groups is 3. The highest BCUT2D eigenvalue weighted by molar-refractivity contribution is 14.1. The van der Waals surface area contributed by atoms with Crippen molar-refractivity contribution >= 4 is 40.7 Å². The van der Waals surface area contributed by atoms with Crippen molar-refractivity contribution in [2.24, 2.45) is 5.92 Å². The van der Waals surface area contributed by atoms with Crippen molar-refractivity contribution in [1.82, 2.24) is 10.2 Å². The molecule has 9 nitrogen and oxygen atoms in total. The molecular formula is C28H32FIN2O7. The quantitative estimate of drug-likeness (QED) is 0.252. The van der Waals surface area contributed by atoms with Gasteiger partial charge in [0, 0.05) is 42.1 Å². The average Bonchev–Trinajstić information content (AvgIpc) is 2.92. The summed E-state index contributed by atoms with van der Waals surface area (Å²) in [4.78, 5) is 39.1. The first kappa shape index (κ1) is 30.5. The molecule has 11 heteroatoms. The van der Waals surface area contributed by atoms with Crippen LogP contribution in [0.5, 0.6) is 11.5 Å². The van der Waals surface area contributed by atoms with E-state index in [0.29, 0.717) is 15.4 Å². The van der Waals surface area contributed by atoms with Gasteiger partial charge in [-0.25, -0.2) is 4.39 Å². The summed E-state index contributed by atoms with van der Waals surface area (Å²) in [6, 6.07) is 8.19. The van der Waals surface area contributed by atoms with Crippen molar-refractivity contribution in [2.45, 2.75) is 45.1 Å². The van der Waals surface area contributed by atoms with Crippen LogP contribution in [-0.2, 0) is 16.1 Å². The normalized spacial score (nSPS) is 18.8. The molecule has 0 bridgehead atoms. The predicted molar refractivity (Wildman–Crippen MR) is 150 cm³/mol. The SMILES string of the molecule is COc1cc(C=O)cc(I)c1OC1C=C(C(=O)NCCO)CC(N(Cc2ccccc2F)C(=O)C(C)C)C1O. The molecule has 0 saturated carbocycles. The van der Waals surface area contributed by atoms with Crippen LogP contribution in [-0.4, -0.2) is 71.7 Å². The Labute approximate surface area is 240 Å². The Bertz CT molecular complexity index is 1240. The molecular weight excluding hydrogens is 622 g/mol. The Balaban J connectivity index is 2.06. The molecule has 3 rings (SSSR count). The van der Waals surface area contributed by atoms with Gasteiger partial charge in [0.05, 0.1) is 23.3 Å². The number of benzene rings is 2. The van der Waals surface area contributed by atoms with Crippen molar-refractivity contribution in [3.8, 4) is 11.5 Å². The van der Waals surface area contributed by atoms with Gasteiger partial charge in [0.15, 0.2) is 11.5 Å². The number of hydrogen-bond acceptors (Lipinski definition) is 7. The average molecular weight is 654 g/mol. The molecule has 0 aliphatic heterocycles. The number of hydrogen-bond donors (Lipinski definition) is 3. The number of nitrogens with zero attached hydrogens (tertiary/aromatic N) is 1. The zero-order chi connectivity index (χ0) is 28.7. The van der Waals surface area contributed by atoms with Crippen LogP contribution in [0.3, 0.4) is 0 Å². The number of nitrogens with one attached hydrogen (secondary N) is 1. The highest BCUT2D eigenvalue weighted by atomic mass is 127. The molecule has 0 radical (unpaired) electrons. The van der Waals surface area contributed by atoms with Crippen LogP contribution in [0.4, 0.5) is 4.39 Å². The van der Waals surface area contributed by atoms with E-state index in [9.17, 15) is 29.0 Å². The highest BCUT2D eigenvalue weighted by Gasteiger charge is 2.41. The summed E-state index contributed by atoms with van der Waals surface area (Å²) in [7, 11) is 1.41. The molecule has 3 unspecified atom stereocenters. The van der Waals surface area contributed by atoms with E-state index >= 15 is 0 Å². The second-order valence-electron chi connectivity index (χ2n) is 9.38. The smallest absolute Gasteiger partial charge is 0.247 e. The fourth-order valence-electron chi connectivity index (χ4n) is 4.34. The lowest BCUT2D eigenvalue weighted by atomic mass is 9.87. The van der Waals surface area contributed by atoms with E-state index in [1.807, 2.05) is 22.6 Å². The Kier molecular flexibility index (Phi) is 10.8. The molecule has 210 valence electrons. The van der Waals surface area contributed by atoms with Gasteiger partial charge in [-0.1, -0.05) is 32.0 Å². The minimum Gasteiger partial charge on any atom is -0.493 e. The molecule has 0 heterocycles. The van der Waals surface area contributed by atoms with Crippen LogP contribution in [0, 0.1) is 15.3 Å². The second kappa shape index (κ2) is 13.9. The molecule has 0 saturated heterocycles. The predicted octanol–water partition coefficient (Wildman–Crippen LogP) is 2.85. The van der Waals surface area contributed by atoms with E-state index in [0.717, 1.165) is 0 Å². The summed E-state index contributed by atoms with van der Waals surface area (Å²) in [5.41, 5.74) is 0.860. The van der Waals surface area contributed by atoms with Gasteiger partial charge in [0.25, 0.3) is 0 Å². The summed E-state index contributed by atoms with van der Waals surface area (Å²) in [5, 5.41) is 23.3. The molecule has 39 heavy (non-hydrogen) atoms. The molecule has 2 aromatic carbocycles. The maximum absolute atomic E-state index is 14.6. The number of methoxy groups -OCH3 is 1. The largest absolute Gasteiger partial charge is 0.493 e. The topological polar surface area (TPSA) is 125 Å². The van der Waals surface area contributed by atoms with Gasteiger partial charge in [-0.2, -0.15) is 0 Å². The Morgan fingerprint density at radius 2 is 2.00 bits per heavy atom. The minimum atomic E-state index is -1.31. The number of ether oxygens (including phenoxy) is 2. The van der Waals surface area contributed by atoms with E-state index in [4.69, 9.17) is 9.47 Å². The third-order valence-electron chi connectivity index (χ3n) is 6.33. The van der Waals surface area contributed by atoms with Crippen molar-refractivity contribution < 1.29 is 38.5 Å². The first-order valence-electron chi connectivity index (χ1n) is 12.4. The zero-order valence-corrected chi connectivity index (χ0v) is 24.1.